The predicted molar refractivity (Wildman–Crippen MR) is 177 cm³/mol. The summed E-state index contributed by atoms with van der Waals surface area (Å²) >= 11 is 0. The first-order valence-corrected chi connectivity index (χ1v) is 16.1. The lowest BCUT2D eigenvalue weighted by Gasteiger charge is -2.34. The van der Waals surface area contributed by atoms with Crippen LogP contribution in [-0.2, 0) is 0 Å². The van der Waals surface area contributed by atoms with Crippen LogP contribution >= 0.6 is 8.16 Å². The Hall–Kier alpha value is -4.30. The molecule has 0 saturated heterocycles. The van der Waals surface area contributed by atoms with Gasteiger partial charge in [-0.3, -0.25) is 0 Å². The zero-order valence-electron chi connectivity index (χ0n) is 23.4. The van der Waals surface area contributed by atoms with Crippen LogP contribution in [0.1, 0.15) is 42.9 Å². The second-order valence-corrected chi connectivity index (χ2v) is 12.6. The average molecular weight is 566 g/mol. The monoisotopic (exact) mass is 565 g/mol. The molecule has 0 amide bonds. The highest BCUT2D eigenvalue weighted by Gasteiger charge is 2.35. The van der Waals surface area contributed by atoms with Crippen molar-refractivity contribution in [1.29, 1.82) is 0 Å². The van der Waals surface area contributed by atoms with Gasteiger partial charge in [0.05, 0.1) is 6.04 Å². The normalized spacial score (nSPS) is 14.1. The van der Waals surface area contributed by atoms with Crippen molar-refractivity contribution in [2.75, 3.05) is 4.67 Å². The van der Waals surface area contributed by atoms with E-state index in [0.717, 1.165) is 34.8 Å². The van der Waals surface area contributed by atoms with Crippen molar-refractivity contribution in [1.82, 2.24) is 0 Å². The lowest BCUT2D eigenvalue weighted by molar-refractivity contribution is 0.545. The molecule has 0 radical (unpaired) electrons. The quantitative estimate of drug-likeness (QED) is 0.208. The highest BCUT2D eigenvalue weighted by molar-refractivity contribution is 7.39. The maximum Gasteiger partial charge on any atom is 0.310 e. The summed E-state index contributed by atoms with van der Waals surface area (Å²) < 4.78 is 16.9. The van der Waals surface area contributed by atoms with Crippen LogP contribution in [-0.4, -0.2) is 6.04 Å². The molecule has 8 rings (SSSR count). The summed E-state index contributed by atoms with van der Waals surface area (Å²) in [5.41, 5.74) is 4.29. The molecule has 206 valence electrons. The molecule has 1 saturated carbocycles. The lowest BCUT2D eigenvalue weighted by Crippen LogP contribution is -2.35. The van der Waals surface area contributed by atoms with Crippen molar-refractivity contribution in [2.45, 2.75) is 37.8 Å². The summed E-state index contributed by atoms with van der Waals surface area (Å²) in [7, 11) is -1.51. The molecule has 0 unspecified atom stereocenters. The molecule has 1 aliphatic rings. The summed E-state index contributed by atoms with van der Waals surface area (Å²) in [4.78, 5) is 0. The van der Waals surface area contributed by atoms with Gasteiger partial charge in [-0.05, 0) is 57.6 Å². The third-order valence-corrected chi connectivity index (χ3v) is 10.4. The molecule has 3 nitrogen and oxygen atoms in total. The van der Waals surface area contributed by atoms with E-state index in [1.54, 1.807) is 0 Å². The second kappa shape index (κ2) is 10.8. The van der Waals surface area contributed by atoms with Gasteiger partial charge in [0, 0.05) is 16.8 Å². The molecule has 1 aromatic heterocycles. The summed E-state index contributed by atoms with van der Waals surface area (Å²) in [6, 6.07) is 48.0. The number of hydrogen-bond donors (Lipinski definition) is 0. The van der Waals surface area contributed by atoms with Gasteiger partial charge in [0.25, 0.3) is 0 Å². The highest BCUT2D eigenvalue weighted by Crippen LogP contribution is 2.48. The second-order valence-electron chi connectivity index (χ2n) is 11.3. The minimum absolute atomic E-state index is 0.00697. The van der Waals surface area contributed by atoms with Gasteiger partial charge in [-0.25, -0.2) is 0 Å². The smallest absolute Gasteiger partial charge is 0.310 e. The first-order valence-electron chi connectivity index (χ1n) is 14.9. The molecule has 1 aliphatic carbocycles. The number of fused-ring (bicyclic) bond motifs is 7. The van der Waals surface area contributed by atoms with Crippen LogP contribution < -0.4 is 4.67 Å². The van der Waals surface area contributed by atoms with Crippen molar-refractivity contribution in [3.8, 4) is 0 Å². The van der Waals surface area contributed by atoms with E-state index in [4.69, 9.17) is 8.39 Å². The molecule has 7 aromatic rings. The van der Waals surface area contributed by atoms with Gasteiger partial charge < -0.3 is 8.39 Å². The number of benzene rings is 6. The Morgan fingerprint density at radius 3 is 1.48 bits per heavy atom. The van der Waals surface area contributed by atoms with E-state index < -0.39 is 8.16 Å². The number of rotatable bonds is 5. The first-order chi connectivity index (χ1) is 20.8. The summed E-state index contributed by atoms with van der Waals surface area (Å²) in [5.74, 6) is 0. The average Bonchev–Trinajstić information content (AvgIpc) is 3.52. The Labute approximate surface area is 246 Å². The van der Waals surface area contributed by atoms with E-state index in [9.17, 15) is 0 Å². The van der Waals surface area contributed by atoms with Crippen molar-refractivity contribution in [3.05, 3.63) is 145 Å². The molecule has 1 heterocycles. The van der Waals surface area contributed by atoms with Crippen molar-refractivity contribution >= 4 is 51.6 Å². The van der Waals surface area contributed by atoms with Gasteiger partial charge in [-0.15, -0.1) is 0 Å². The predicted octanol–water partition coefficient (Wildman–Crippen LogP) is 11.3. The van der Waals surface area contributed by atoms with Crippen LogP contribution in [0.5, 0.6) is 0 Å². The standard InChI is InChI=1S/C38H32NO2P/c1-3-15-29(16-4-1)38(30-17-5-2-6-18-30)39(31-19-9-10-20-31)42-40-34-25-23-27-13-7-11-21-32(27)36(34)37-33-22-12-8-14-28(33)24-26-35(37)41-42/h1-8,11-18,21-26,31,38H,9-10,19-20H2. The first kappa shape index (κ1) is 25.4. The van der Waals surface area contributed by atoms with Crippen LogP contribution in [0.25, 0.3) is 43.5 Å². The maximum absolute atomic E-state index is 7.16. The van der Waals surface area contributed by atoms with Gasteiger partial charge in [0.15, 0.2) is 0 Å². The van der Waals surface area contributed by atoms with Crippen LogP contribution in [0.4, 0.5) is 0 Å². The lowest BCUT2D eigenvalue weighted by atomic mass is 9.97. The molecule has 4 heteroatoms. The fraction of sp³-hybridized carbons (Fsp3) is 0.158. The van der Waals surface area contributed by atoms with E-state index in [1.165, 1.54) is 45.5 Å². The van der Waals surface area contributed by atoms with E-state index >= 15 is 0 Å². The Bertz CT molecular complexity index is 1930. The van der Waals surface area contributed by atoms with Crippen LogP contribution in [0.3, 0.4) is 0 Å². The van der Waals surface area contributed by atoms with E-state index in [-0.39, 0.29) is 6.04 Å². The summed E-state index contributed by atoms with van der Waals surface area (Å²) in [5, 5.41) is 7.00. The van der Waals surface area contributed by atoms with Crippen molar-refractivity contribution in [3.63, 3.8) is 0 Å². The molecule has 0 atom stereocenters. The molecular formula is C38H32NO2P. The Morgan fingerprint density at radius 1 is 0.524 bits per heavy atom. The number of nitrogens with zero attached hydrogens (tertiary/aromatic N) is 1. The molecule has 6 aromatic carbocycles. The topological polar surface area (TPSA) is 29.5 Å². The van der Waals surface area contributed by atoms with Crippen LogP contribution in [0, 0.1) is 0 Å². The molecular weight excluding hydrogens is 533 g/mol. The number of hydrogen-bond acceptors (Lipinski definition) is 3. The molecule has 0 bridgehead atoms. The van der Waals surface area contributed by atoms with Crippen LogP contribution in [0.2, 0.25) is 0 Å². The fourth-order valence-electron chi connectivity index (χ4n) is 6.83. The van der Waals surface area contributed by atoms with Gasteiger partial charge in [-0.2, -0.15) is 4.67 Å². The van der Waals surface area contributed by atoms with E-state index in [1.807, 2.05) is 0 Å². The minimum atomic E-state index is -1.51. The zero-order valence-corrected chi connectivity index (χ0v) is 24.3. The Balaban J connectivity index is 1.50. The van der Waals surface area contributed by atoms with Crippen LogP contribution in [0.15, 0.2) is 142 Å². The largest absolute Gasteiger partial charge is 0.408 e. The third kappa shape index (κ3) is 4.41. The highest BCUT2D eigenvalue weighted by atomic mass is 31.1. The van der Waals surface area contributed by atoms with Crippen molar-refractivity contribution < 1.29 is 8.39 Å². The van der Waals surface area contributed by atoms with Gasteiger partial charge >= 0.3 is 8.16 Å². The van der Waals surface area contributed by atoms with Gasteiger partial charge in [0.1, 0.15) is 11.2 Å². The molecule has 0 spiro atoms. The summed E-state index contributed by atoms with van der Waals surface area (Å²) in [6.07, 6.45) is 4.72. The SMILES string of the molecule is c1ccc(C(c2ccccc2)N(C2CCCC2)p2oc3ccc4ccccc4c3c3c(ccc4ccccc43)o2)cc1. The third-order valence-electron chi connectivity index (χ3n) is 8.77. The molecule has 1 fully saturated rings. The van der Waals surface area contributed by atoms with Crippen molar-refractivity contribution in [2.24, 2.45) is 0 Å². The maximum atomic E-state index is 7.16. The zero-order chi connectivity index (χ0) is 27.9. The van der Waals surface area contributed by atoms with E-state index in [0.29, 0.717) is 6.04 Å². The van der Waals surface area contributed by atoms with Gasteiger partial charge in [0.2, 0.25) is 0 Å². The van der Waals surface area contributed by atoms with Gasteiger partial charge in [-0.1, -0.05) is 134 Å². The molecule has 0 N–H and O–H groups in total. The van der Waals surface area contributed by atoms with E-state index in [2.05, 4.69) is 138 Å². The minimum Gasteiger partial charge on any atom is -0.408 e. The summed E-state index contributed by atoms with van der Waals surface area (Å²) in [6.45, 7) is 0. The fourth-order valence-corrected chi connectivity index (χ4v) is 8.65. The molecule has 0 aliphatic heterocycles. The Kier molecular flexibility index (Phi) is 6.56. The Morgan fingerprint density at radius 2 is 0.976 bits per heavy atom. The molecule has 42 heavy (non-hydrogen) atoms.